The number of benzene rings is 3. The average molecular weight is 454 g/mol. The van der Waals surface area contributed by atoms with E-state index in [1.807, 2.05) is 24.3 Å². The van der Waals surface area contributed by atoms with Gasteiger partial charge in [0.05, 0.1) is 18.1 Å². The lowest BCUT2D eigenvalue weighted by atomic mass is 9.92. The van der Waals surface area contributed by atoms with Crippen molar-refractivity contribution in [3.8, 4) is 0 Å². The van der Waals surface area contributed by atoms with Gasteiger partial charge in [-0.2, -0.15) is 0 Å². The highest BCUT2D eigenvalue weighted by Crippen LogP contribution is 2.46. The minimum atomic E-state index is -1.65. The van der Waals surface area contributed by atoms with Crippen molar-refractivity contribution in [2.45, 2.75) is 24.6 Å². The number of rotatable bonds is 3. The van der Waals surface area contributed by atoms with Crippen LogP contribution in [0.3, 0.4) is 0 Å². The average Bonchev–Trinajstić information content (AvgIpc) is 3.51. The van der Waals surface area contributed by atoms with Crippen molar-refractivity contribution >= 4 is 29.0 Å². The smallest absolute Gasteiger partial charge is 0.413 e. The molecule has 1 aliphatic heterocycles. The van der Waals surface area contributed by atoms with Gasteiger partial charge in [-0.1, -0.05) is 48.5 Å². The van der Waals surface area contributed by atoms with Crippen LogP contribution in [0.25, 0.3) is 11.0 Å². The molecule has 0 saturated heterocycles. The molecule has 2 amide bonds. The summed E-state index contributed by atoms with van der Waals surface area (Å²) in [4.78, 5) is 34.2. The predicted octanol–water partition coefficient (Wildman–Crippen LogP) is 3.56. The van der Waals surface area contributed by atoms with E-state index >= 15 is 0 Å². The minimum Gasteiger partial charge on any atom is -0.453 e. The van der Waals surface area contributed by atoms with Crippen molar-refractivity contribution < 1.29 is 19.4 Å². The summed E-state index contributed by atoms with van der Waals surface area (Å²) in [6.45, 7) is 0. The maximum atomic E-state index is 13.6. The van der Waals surface area contributed by atoms with E-state index in [1.54, 1.807) is 35.2 Å². The number of aromatic nitrogens is 2. The molecule has 1 aromatic heterocycles. The van der Waals surface area contributed by atoms with E-state index in [0.717, 1.165) is 0 Å². The second kappa shape index (κ2) is 7.43. The number of ether oxygens (including phenoxy) is 1. The minimum absolute atomic E-state index is 0.186. The normalized spacial score (nSPS) is 19.4. The predicted molar refractivity (Wildman–Crippen MR) is 125 cm³/mol. The molecule has 8 nitrogen and oxygen atoms in total. The van der Waals surface area contributed by atoms with Crippen molar-refractivity contribution in [2.75, 3.05) is 12.4 Å². The van der Waals surface area contributed by atoms with Gasteiger partial charge >= 0.3 is 6.09 Å². The fraction of sp³-hybridized carbons (Fsp3) is 0.192. The van der Waals surface area contributed by atoms with Gasteiger partial charge in [-0.3, -0.25) is 15.0 Å². The number of aliphatic hydroxyl groups is 1. The van der Waals surface area contributed by atoms with E-state index in [0.29, 0.717) is 40.6 Å². The molecule has 0 spiro atoms. The van der Waals surface area contributed by atoms with Crippen LogP contribution in [-0.4, -0.2) is 45.1 Å². The largest absolute Gasteiger partial charge is 0.453 e. The van der Waals surface area contributed by atoms with Gasteiger partial charge in [0.1, 0.15) is 0 Å². The monoisotopic (exact) mass is 454 g/mol. The molecule has 3 N–H and O–H groups in total. The number of hydrogen-bond acceptors (Lipinski definition) is 5. The maximum absolute atomic E-state index is 13.6. The number of amides is 2. The zero-order chi connectivity index (χ0) is 23.4. The Hall–Kier alpha value is -4.17. The molecule has 3 aromatic carbocycles. The SMILES string of the molecule is COC(=O)Nc1nc2cc(C3(O)c4ccccc4C(=O)N3C3Cc4ccccc4C3)ccc2[nH]1. The summed E-state index contributed by atoms with van der Waals surface area (Å²) in [7, 11) is 1.27. The molecule has 0 bridgehead atoms. The van der Waals surface area contributed by atoms with Crippen LogP contribution >= 0.6 is 0 Å². The quantitative estimate of drug-likeness (QED) is 0.439. The lowest BCUT2D eigenvalue weighted by Gasteiger charge is -2.39. The molecule has 1 atom stereocenters. The van der Waals surface area contributed by atoms with E-state index in [1.165, 1.54) is 18.2 Å². The van der Waals surface area contributed by atoms with Crippen LogP contribution in [0.5, 0.6) is 0 Å². The van der Waals surface area contributed by atoms with E-state index in [9.17, 15) is 14.7 Å². The summed E-state index contributed by atoms with van der Waals surface area (Å²) in [5.74, 6) is 0.0445. The molecule has 8 heteroatoms. The molecule has 2 aliphatic rings. The fourth-order valence-corrected chi connectivity index (χ4v) is 5.25. The standard InChI is InChI=1S/C26H22N4O4/c1-34-25(32)29-24-27-21-11-10-17(14-22(21)28-24)26(33)20-9-5-4-8-19(20)23(31)30(26)18-12-15-6-2-3-7-16(15)13-18/h2-11,14,18,33H,12-13H2,1H3,(H2,27,28,29,32). The van der Waals surface area contributed by atoms with Crippen molar-refractivity contribution in [1.82, 2.24) is 14.9 Å². The van der Waals surface area contributed by atoms with Crippen molar-refractivity contribution in [3.63, 3.8) is 0 Å². The van der Waals surface area contributed by atoms with Crippen LogP contribution in [0.2, 0.25) is 0 Å². The molecule has 0 radical (unpaired) electrons. The number of fused-ring (bicyclic) bond motifs is 3. The summed E-state index contributed by atoms with van der Waals surface area (Å²) in [5, 5.41) is 14.8. The van der Waals surface area contributed by atoms with Crippen molar-refractivity contribution in [3.05, 3.63) is 94.5 Å². The summed E-state index contributed by atoms with van der Waals surface area (Å²) in [5.41, 5.74) is 3.55. The number of H-pyrrole nitrogens is 1. The Bertz CT molecular complexity index is 1440. The van der Waals surface area contributed by atoms with Crippen molar-refractivity contribution in [1.29, 1.82) is 0 Å². The molecular formula is C26H22N4O4. The third-order valence-corrected chi connectivity index (χ3v) is 6.79. The molecule has 6 rings (SSSR count). The number of nitrogens with zero attached hydrogens (tertiary/aromatic N) is 2. The van der Waals surface area contributed by atoms with Gasteiger partial charge in [0.25, 0.3) is 5.91 Å². The summed E-state index contributed by atoms with van der Waals surface area (Å²) in [6.07, 6.45) is 0.715. The van der Waals surface area contributed by atoms with E-state index < -0.39 is 11.8 Å². The number of methoxy groups -OCH3 is 1. The Morgan fingerprint density at radius 1 is 1.12 bits per heavy atom. The number of carbonyl (C=O) groups excluding carboxylic acids is 2. The lowest BCUT2D eigenvalue weighted by Crippen LogP contribution is -2.51. The van der Waals surface area contributed by atoms with Gasteiger partial charge in [0.15, 0.2) is 5.72 Å². The Labute approximate surface area is 195 Å². The Morgan fingerprint density at radius 3 is 2.56 bits per heavy atom. The number of nitrogens with one attached hydrogen (secondary N) is 2. The van der Waals surface area contributed by atoms with Crippen LogP contribution in [-0.2, 0) is 23.3 Å². The number of aromatic amines is 1. The Balaban J connectivity index is 1.46. The lowest BCUT2D eigenvalue weighted by molar-refractivity contribution is -0.0680. The van der Waals surface area contributed by atoms with E-state index in [2.05, 4.69) is 32.2 Å². The third-order valence-electron chi connectivity index (χ3n) is 6.79. The third kappa shape index (κ3) is 2.92. The first-order valence-corrected chi connectivity index (χ1v) is 11.1. The molecule has 1 aliphatic carbocycles. The van der Waals surface area contributed by atoms with E-state index in [-0.39, 0.29) is 17.9 Å². The van der Waals surface area contributed by atoms with Gasteiger partial charge in [-0.15, -0.1) is 0 Å². The number of anilines is 1. The first kappa shape index (κ1) is 20.4. The first-order chi connectivity index (χ1) is 16.5. The fourth-order valence-electron chi connectivity index (χ4n) is 5.25. The van der Waals surface area contributed by atoms with Gasteiger partial charge < -0.3 is 14.8 Å². The number of carbonyl (C=O) groups is 2. The molecule has 0 fully saturated rings. The van der Waals surface area contributed by atoms with Gasteiger partial charge in [0, 0.05) is 22.7 Å². The van der Waals surface area contributed by atoms with Crippen LogP contribution in [0.4, 0.5) is 10.7 Å². The Kier molecular flexibility index (Phi) is 4.46. The van der Waals surface area contributed by atoms with Gasteiger partial charge in [-0.05, 0) is 42.2 Å². The highest BCUT2D eigenvalue weighted by atomic mass is 16.5. The van der Waals surface area contributed by atoms with Crippen molar-refractivity contribution in [2.24, 2.45) is 0 Å². The molecule has 1 unspecified atom stereocenters. The van der Waals surface area contributed by atoms with Crippen LogP contribution in [0, 0.1) is 0 Å². The van der Waals surface area contributed by atoms with Crippen LogP contribution in [0.1, 0.15) is 32.6 Å². The van der Waals surface area contributed by atoms with Gasteiger partial charge in [-0.25, -0.2) is 9.78 Å². The number of hydrogen-bond donors (Lipinski definition) is 3. The van der Waals surface area contributed by atoms with Crippen LogP contribution in [0.15, 0.2) is 66.7 Å². The van der Waals surface area contributed by atoms with Crippen LogP contribution < -0.4 is 5.32 Å². The topological polar surface area (TPSA) is 108 Å². The highest BCUT2D eigenvalue weighted by Gasteiger charge is 2.53. The first-order valence-electron chi connectivity index (χ1n) is 11.1. The zero-order valence-corrected chi connectivity index (χ0v) is 18.4. The molecule has 0 saturated carbocycles. The number of imidazole rings is 1. The Morgan fingerprint density at radius 2 is 1.82 bits per heavy atom. The molecule has 34 heavy (non-hydrogen) atoms. The zero-order valence-electron chi connectivity index (χ0n) is 18.4. The molecular weight excluding hydrogens is 432 g/mol. The summed E-state index contributed by atoms with van der Waals surface area (Å²) >= 11 is 0. The molecule has 4 aromatic rings. The van der Waals surface area contributed by atoms with E-state index in [4.69, 9.17) is 0 Å². The molecule has 2 heterocycles. The second-order valence-electron chi connectivity index (χ2n) is 8.66. The summed E-state index contributed by atoms with van der Waals surface area (Å²) in [6, 6.07) is 20.5. The second-order valence-corrected chi connectivity index (χ2v) is 8.66. The summed E-state index contributed by atoms with van der Waals surface area (Å²) < 4.78 is 4.63. The highest BCUT2D eigenvalue weighted by molar-refractivity contribution is 6.01. The maximum Gasteiger partial charge on any atom is 0.413 e. The molecule has 170 valence electrons. The van der Waals surface area contributed by atoms with Gasteiger partial charge in [0.2, 0.25) is 5.95 Å².